The van der Waals surface area contributed by atoms with Crippen LogP contribution in [0.2, 0.25) is 0 Å². The van der Waals surface area contributed by atoms with Gasteiger partial charge in [-0.1, -0.05) is 32.0 Å². The summed E-state index contributed by atoms with van der Waals surface area (Å²) in [6, 6.07) is 9.48. The van der Waals surface area contributed by atoms with E-state index in [4.69, 9.17) is 0 Å². The van der Waals surface area contributed by atoms with Crippen LogP contribution in [0.4, 0.5) is 14.5 Å². The standard InChI is InChI=1S/C17H19F2NO2S/c1-12(2)6-7-13-8-10-14(11-9-13)23(21,22)20-17-15(18)4-3-5-16(17)19/h3-5,8-12,20H,6-7H2,1-2H3. The summed E-state index contributed by atoms with van der Waals surface area (Å²) >= 11 is 0. The van der Waals surface area contributed by atoms with Crippen molar-refractivity contribution in [2.75, 3.05) is 4.72 Å². The highest BCUT2D eigenvalue weighted by Gasteiger charge is 2.18. The molecule has 0 aliphatic heterocycles. The summed E-state index contributed by atoms with van der Waals surface area (Å²) in [5.74, 6) is -1.35. The van der Waals surface area contributed by atoms with Crippen molar-refractivity contribution in [1.82, 2.24) is 0 Å². The van der Waals surface area contributed by atoms with E-state index in [0.29, 0.717) is 5.92 Å². The van der Waals surface area contributed by atoms with Gasteiger partial charge in [0, 0.05) is 0 Å². The van der Waals surface area contributed by atoms with Crippen molar-refractivity contribution < 1.29 is 17.2 Å². The van der Waals surface area contributed by atoms with Crippen molar-refractivity contribution in [2.45, 2.75) is 31.6 Å². The molecule has 3 nitrogen and oxygen atoms in total. The summed E-state index contributed by atoms with van der Waals surface area (Å²) in [5, 5.41) is 0. The number of hydrogen-bond acceptors (Lipinski definition) is 2. The average molecular weight is 339 g/mol. The van der Waals surface area contributed by atoms with Gasteiger partial charge >= 0.3 is 0 Å². The molecule has 0 fully saturated rings. The second-order valence-corrected chi connectivity index (χ2v) is 7.46. The lowest BCUT2D eigenvalue weighted by atomic mass is 10.0. The number of anilines is 1. The van der Waals surface area contributed by atoms with Gasteiger partial charge in [0.2, 0.25) is 0 Å². The molecule has 0 atom stereocenters. The molecule has 0 radical (unpaired) electrons. The van der Waals surface area contributed by atoms with E-state index in [9.17, 15) is 17.2 Å². The molecule has 0 unspecified atom stereocenters. The minimum absolute atomic E-state index is 0.0338. The van der Waals surface area contributed by atoms with E-state index in [-0.39, 0.29) is 4.90 Å². The minimum atomic E-state index is -4.04. The largest absolute Gasteiger partial charge is 0.274 e. The number of nitrogens with one attached hydrogen (secondary N) is 1. The Kier molecular flexibility index (Phi) is 5.36. The third-order valence-electron chi connectivity index (χ3n) is 3.44. The summed E-state index contributed by atoms with van der Waals surface area (Å²) in [6.07, 6.45) is 1.86. The molecule has 6 heteroatoms. The molecule has 0 amide bonds. The van der Waals surface area contributed by atoms with Crippen LogP contribution in [0.1, 0.15) is 25.8 Å². The molecule has 23 heavy (non-hydrogen) atoms. The van der Waals surface area contributed by atoms with Gasteiger partial charge in [-0.2, -0.15) is 0 Å². The minimum Gasteiger partial charge on any atom is -0.274 e. The molecular formula is C17H19F2NO2S. The van der Waals surface area contributed by atoms with Crippen LogP contribution >= 0.6 is 0 Å². The SMILES string of the molecule is CC(C)CCc1ccc(S(=O)(=O)Nc2c(F)cccc2F)cc1. The summed E-state index contributed by atoms with van der Waals surface area (Å²) in [5.41, 5.74) is 0.353. The molecule has 0 saturated heterocycles. The van der Waals surface area contributed by atoms with Crippen LogP contribution in [0.3, 0.4) is 0 Å². The van der Waals surface area contributed by atoms with Gasteiger partial charge in [0.1, 0.15) is 17.3 Å². The number of para-hydroxylation sites is 1. The fraction of sp³-hybridized carbons (Fsp3) is 0.294. The molecule has 0 spiro atoms. The van der Waals surface area contributed by atoms with Gasteiger partial charge in [0.05, 0.1) is 4.90 Å². The third-order valence-corrected chi connectivity index (χ3v) is 4.81. The smallest absolute Gasteiger partial charge is 0.262 e. The normalized spacial score (nSPS) is 11.7. The van der Waals surface area contributed by atoms with E-state index < -0.39 is 27.3 Å². The number of hydrogen-bond donors (Lipinski definition) is 1. The maximum atomic E-state index is 13.6. The molecule has 0 aliphatic rings. The van der Waals surface area contributed by atoms with Crippen LogP contribution in [-0.4, -0.2) is 8.42 Å². The summed E-state index contributed by atoms with van der Waals surface area (Å²) < 4.78 is 53.6. The summed E-state index contributed by atoms with van der Waals surface area (Å²) in [6.45, 7) is 4.23. The van der Waals surface area contributed by atoms with E-state index in [1.165, 1.54) is 18.2 Å². The van der Waals surface area contributed by atoms with Gasteiger partial charge in [-0.15, -0.1) is 0 Å². The second kappa shape index (κ2) is 7.08. The van der Waals surface area contributed by atoms with Gasteiger partial charge in [-0.05, 0) is 48.6 Å². The van der Waals surface area contributed by atoms with Crippen LogP contribution in [0.25, 0.3) is 0 Å². The number of halogens is 2. The zero-order valence-corrected chi connectivity index (χ0v) is 13.8. The number of aryl methyl sites for hydroxylation is 1. The van der Waals surface area contributed by atoms with E-state index in [2.05, 4.69) is 13.8 Å². The summed E-state index contributed by atoms with van der Waals surface area (Å²) in [4.78, 5) is -0.0338. The Hall–Kier alpha value is -1.95. The van der Waals surface area contributed by atoms with Crippen LogP contribution in [0.5, 0.6) is 0 Å². The zero-order chi connectivity index (χ0) is 17.0. The van der Waals surface area contributed by atoms with Crippen molar-refractivity contribution in [2.24, 2.45) is 5.92 Å². The van der Waals surface area contributed by atoms with E-state index in [1.807, 2.05) is 4.72 Å². The van der Waals surface area contributed by atoms with Crippen LogP contribution in [0, 0.1) is 17.6 Å². The first-order valence-electron chi connectivity index (χ1n) is 7.35. The predicted octanol–water partition coefficient (Wildman–Crippen LogP) is 4.35. The predicted molar refractivity (Wildman–Crippen MR) is 86.8 cm³/mol. The van der Waals surface area contributed by atoms with Crippen molar-refractivity contribution in [1.29, 1.82) is 0 Å². The van der Waals surface area contributed by atoms with Gasteiger partial charge in [-0.3, -0.25) is 4.72 Å². The molecule has 2 aromatic rings. The fourth-order valence-electron chi connectivity index (χ4n) is 2.08. The molecule has 0 aromatic heterocycles. The Balaban J connectivity index is 2.20. The van der Waals surface area contributed by atoms with Gasteiger partial charge in [0.25, 0.3) is 10.0 Å². The highest BCUT2D eigenvalue weighted by Crippen LogP contribution is 2.22. The Labute approximate surface area is 135 Å². The van der Waals surface area contributed by atoms with Gasteiger partial charge in [-0.25, -0.2) is 17.2 Å². The number of rotatable bonds is 6. The van der Waals surface area contributed by atoms with Crippen molar-refractivity contribution in [3.05, 3.63) is 59.7 Å². The second-order valence-electron chi connectivity index (χ2n) is 5.78. The molecule has 0 heterocycles. The lowest BCUT2D eigenvalue weighted by Gasteiger charge is -2.10. The van der Waals surface area contributed by atoms with E-state index in [0.717, 1.165) is 30.5 Å². The maximum absolute atomic E-state index is 13.6. The molecule has 0 saturated carbocycles. The summed E-state index contributed by atoms with van der Waals surface area (Å²) in [7, 11) is -4.04. The van der Waals surface area contributed by atoms with E-state index >= 15 is 0 Å². The Morgan fingerprint density at radius 2 is 1.57 bits per heavy atom. The first-order chi connectivity index (χ1) is 10.8. The van der Waals surface area contributed by atoms with Gasteiger partial charge in [0.15, 0.2) is 0 Å². The molecule has 2 rings (SSSR count). The molecular weight excluding hydrogens is 320 g/mol. The maximum Gasteiger partial charge on any atom is 0.262 e. The zero-order valence-electron chi connectivity index (χ0n) is 13.0. The Morgan fingerprint density at radius 3 is 2.09 bits per heavy atom. The van der Waals surface area contributed by atoms with Crippen LogP contribution in [-0.2, 0) is 16.4 Å². The Bertz CT molecular complexity index is 751. The lowest BCUT2D eigenvalue weighted by Crippen LogP contribution is -2.15. The van der Waals surface area contributed by atoms with Crippen molar-refractivity contribution in [3.8, 4) is 0 Å². The lowest BCUT2D eigenvalue weighted by molar-refractivity contribution is 0.582. The molecule has 124 valence electrons. The van der Waals surface area contributed by atoms with Crippen molar-refractivity contribution in [3.63, 3.8) is 0 Å². The quantitative estimate of drug-likeness (QED) is 0.850. The van der Waals surface area contributed by atoms with Gasteiger partial charge < -0.3 is 0 Å². The highest BCUT2D eigenvalue weighted by atomic mass is 32.2. The Morgan fingerprint density at radius 1 is 1.00 bits per heavy atom. The average Bonchev–Trinajstić information content (AvgIpc) is 2.49. The van der Waals surface area contributed by atoms with Crippen LogP contribution < -0.4 is 4.72 Å². The molecule has 0 bridgehead atoms. The molecule has 2 aromatic carbocycles. The first kappa shape index (κ1) is 17.4. The third kappa shape index (κ3) is 4.51. The number of benzene rings is 2. The van der Waals surface area contributed by atoms with E-state index in [1.54, 1.807) is 12.1 Å². The highest BCUT2D eigenvalue weighted by molar-refractivity contribution is 7.92. The number of sulfonamides is 1. The first-order valence-corrected chi connectivity index (χ1v) is 8.83. The molecule has 0 aliphatic carbocycles. The molecule has 1 N–H and O–H groups in total. The monoisotopic (exact) mass is 339 g/mol. The van der Waals surface area contributed by atoms with Crippen LogP contribution in [0.15, 0.2) is 47.4 Å². The topological polar surface area (TPSA) is 46.2 Å². The fourth-order valence-corrected chi connectivity index (χ4v) is 3.16. The van der Waals surface area contributed by atoms with Crippen molar-refractivity contribution >= 4 is 15.7 Å².